The van der Waals surface area contributed by atoms with Crippen molar-refractivity contribution in [2.24, 2.45) is 10.9 Å². The molecule has 3 heteroatoms. The molecule has 1 aliphatic rings. The maximum atomic E-state index is 4.66. The van der Waals surface area contributed by atoms with Crippen LogP contribution in [0.25, 0.3) is 0 Å². The van der Waals surface area contributed by atoms with E-state index in [1.807, 2.05) is 0 Å². The highest BCUT2D eigenvalue weighted by Gasteiger charge is 2.33. The van der Waals surface area contributed by atoms with Gasteiger partial charge in [0, 0.05) is 19.1 Å². The second-order valence-corrected chi connectivity index (χ2v) is 5.64. The number of aliphatic imine (C=N–C) groups is 1. The third-order valence-corrected chi connectivity index (χ3v) is 3.88. The van der Waals surface area contributed by atoms with Crippen LogP contribution >= 0.6 is 0 Å². The van der Waals surface area contributed by atoms with E-state index in [4.69, 9.17) is 0 Å². The lowest BCUT2D eigenvalue weighted by Gasteiger charge is -2.10. The van der Waals surface area contributed by atoms with Gasteiger partial charge >= 0.3 is 0 Å². The van der Waals surface area contributed by atoms with Gasteiger partial charge in [0.25, 0.3) is 0 Å². The maximum absolute atomic E-state index is 4.66. The lowest BCUT2D eigenvalue weighted by molar-refractivity contribution is 0.765. The average Bonchev–Trinajstić information content (AvgIpc) is 3.15. The van der Waals surface area contributed by atoms with Crippen molar-refractivity contribution in [3.8, 4) is 0 Å². The van der Waals surface area contributed by atoms with E-state index in [1.54, 1.807) is 0 Å². The first kappa shape index (κ1) is 14.9. The summed E-state index contributed by atoms with van der Waals surface area (Å²) in [4.78, 5) is 4.66. The van der Waals surface area contributed by atoms with Gasteiger partial charge in [-0.3, -0.25) is 4.99 Å². The molecule has 1 aromatic carbocycles. The second-order valence-electron chi connectivity index (χ2n) is 5.64. The number of guanidine groups is 1. The van der Waals surface area contributed by atoms with E-state index in [-0.39, 0.29) is 0 Å². The molecule has 1 fully saturated rings. The van der Waals surface area contributed by atoms with Gasteiger partial charge in [-0.25, -0.2) is 0 Å². The minimum Gasteiger partial charge on any atom is -0.357 e. The van der Waals surface area contributed by atoms with Crippen molar-refractivity contribution in [3.05, 3.63) is 35.4 Å². The van der Waals surface area contributed by atoms with Gasteiger partial charge in [-0.05, 0) is 43.2 Å². The van der Waals surface area contributed by atoms with Crippen molar-refractivity contribution in [2.75, 3.05) is 13.1 Å². The summed E-state index contributed by atoms with van der Waals surface area (Å²) in [6.45, 7) is 8.32. The monoisotopic (exact) mass is 273 g/mol. The highest BCUT2D eigenvalue weighted by atomic mass is 15.2. The van der Waals surface area contributed by atoms with Gasteiger partial charge in [0.05, 0.1) is 0 Å². The first-order valence-electron chi connectivity index (χ1n) is 7.85. The molecule has 20 heavy (non-hydrogen) atoms. The fraction of sp³-hybridized carbons (Fsp3) is 0.588. The molecular weight excluding hydrogens is 246 g/mol. The molecule has 0 spiro atoms. The number of hydrogen-bond donors (Lipinski definition) is 2. The van der Waals surface area contributed by atoms with E-state index in [1.165, 1.54) is 17.5 Å². The van der Waals surface area contributed by atoms with Crippen molar-refractivity contribution in [3.63, 3.8) is 0 Å². The van der Waals surface area contributed by atoms with Gasteiger partial charge in [0.2, 0.25) is 0 Å². The normalized spacial score (nSPS) is 21.6. The number of aryl methyl sites for hydroxylation is 1. The molecule has 1 aromatic rings. The van der Waals surface area contributed by atoms with Gasteiger partial charge in [0.1, 0.15) is 0 Å². The Bertz CT molecular complexity index is 436. The Kier molecular flexibility index (Phi) is 5.45. The predicted molar refractivity (Wildman–Crippen MR) is 86.2 cm³/mol. The Morgan fingerprint density at radius 2 is 1.85 bits per heavy atom. The largest absolute Gasteiger partial charge is 0.357 e. The van der Waals surface area contributed by atoms with Crippen LogP contribution in [0.4, 0.5) is 0 Å². The van der Waals surface area contributed by atoms with Gasteiger partial charge in [-0.2, -0.15) is 0 Å². The molecule has 3 nitrogen and oxygen atoms in total. The van der Waals surface area contributed by atoms with E-state index < -0.39 is 0 Å². The summed E-state index contributed by atoms with van der Waals surface area (Å²) in [5.41, 5.74) is 2.76. The summed E-state index contributed by atoms with van der Waals surface area (Å²) < 4.78 is 0. The minimum atomic E-state index is 0.622. The molecular formula is C17H27N3. The Morgan fingerprint density at radius 3 is 2.40 bits per heavy atom. The van der Waals surface area contributed by atoms with Gasteiger partial charge in [-0.15, -0.1) is 0 Å². The highest BCUT2D eigenvalue weighted by Crippen LogP contribution is 2.28. The van der Waals surface area contributed by atoms with Crippen LogP contribution < -0.4 is 10.6 Å². The zero-order valence-corrected chi connectivity index (χ0v) is 12.9. The van der Waals surface area contributed by atoms with Crippen LogP contribution in [0.2, 0.25) is 0 Å². The summed E-state index contributed by atoms with van der Waals surface area (Å²) in [5, 5.41) is 6.80. The Balaban J connectivity index is 1.81. The molecule has 0 aromatic heterocycles. The van der Waals surface area contributed by atoms with E-state index in [0.717, 1.165) is 37.8 Å². The van der Waals surface area contributed by atoms with Gasteiger partial charge < -0.3 is 10.6 Å². The van der Waals surface area contributed by atoms with Crippen molar-refractivity contribution < 1.29 is 0 Å². The molecule has 1 aliphatic carbocycles. The zero-order valence-electron chi connectivity index (χ0n) is 12.9. The summed E-state index contributed by atoms with van der Waals surface area (Å²) in [5.74, 6) is 1.76. The molecule has 2 N–H and O–H groups in total. The van der Waals surface area contributed by atoms with Gasteiger partial charge in [-0.1, -0.05) is 38.1 Å². The lowest BCUT2D eigenvalue weighted by atomic mass is 10.1. The van der Waals surface area contributed by atoms with Crippen molar-refractivity contribution in [2.45, 2.75) is 46.1 Å². The fourth-order valence-electron chi connectivity index (χ4n) is 2.26. The topological polar surface area (TPSA) is 36.4 Å². The zero-order chi connectivity index (χ0) is 14.4. The molecule has 2 atom stereocenters. The number of benzene rings is 1. The molecule has 0 radical (unpaired) electrons. The molecule has 0 bridgehead atoms. The smallest absolute Gasteiger partial charge is 0.191 e. The maximum Gasteiger partial charge on any atom is 0.191 e. The number of nitrogens with one attached hydrogen (secondary N) is 2. The molecule has 2 rings (SSSR count). The predicted octanol–water partition coefficient (Wildman–Crippen LogP) is 2.76. The van der Waals surface area contributed by atoms with Crippen LogP contribution in [-0.4, -0.2) is 25.1 Å². The molecule has 0 aliphatic heterocycles. The quantitative estimate of drug-likeness (QED) is 0.617. The third kappa shape index (κ3) is 4.55. The average molecular weight is 273 g/mol. The standard InChI is InChI=1S/C17H27N3/c1-4-14-6-8-15(9-7-14)10-11-19-17(18-5-2)20-16-12-13(16)3/h6-9,13,16H,4-5,10-12H2,1-3H3,(H2,18,19,20). The van der Waals surface area contributed by atoms with Crippen molar-refractivity contribution in [1.82, 2.24) is 10.6 Å². The molecule has 2 unspecified atom stereocenters. The van der Waals surface area contributed by atoms with E-state index in [9.17, 15) is 0 Å². The van der Waals surface area contributed by atoms with Crippen LogP contribution in [0.15, 0.2) is 29.3 Å². The van der Waals surface area contributed by atoms with Crippen molar-refractivity contribution in [1.29, 1.82) is 0 Å². The number of rotatable bonds is 6. The fourth-order valence-corrected chi connectivity index (χ4v) is 2.26. The summed E-state index contributed by atoms with van der Waals surface area (Å²) in [7, 11) is 0. The first-order valence-corrected chi connectivity index (χ1v) is 7.85. The van der Waals surface area contributed by atoms with Crippen LogP contribution in [0.5, 0.6) is 0 Å². The molecule has 110 valence electrons. The highest BCUT2D eigenvalue weighted by molar-refractivity contribution is 5.80. The molecule has 1 saturated carbocycles. The first-order chi connectivity index (χ1) is 9.72. The molecule has 0 heterocycles. The number of hydrogen-bond acceptors (Lipinski definition) is 1. The number of nitrogens with zero attached hydrogens (tertiary/aromatic N) is 1. The lowest BCUT2D eigenvalue weighted by Crippen LogP contribution is -2.39. The van der Waals surface area contributed by atoms with E-state index in [2.05, 4.69) is 60.7 Å². The van der Waals surface area contributed by atoms with Crippen LogP contribution in [-0.2, 0) is 12.8 Å². The summed E-state index contributed by atoms with van der Waals surface area (Å²) in [6, 6.07) is 9.49. The Hall–Kier alpha value is -1.51. The second kappa shape index (κ2) is 7.32. The Morgan fingerprint density at radius 1 is 1.20 bits per heavy atom. The van der Waals surface area contributed by atoms with Crippen LogP contribution in [0, 0.1) is 5.92 Å². The SMILES string of the molecule is CCNC(=NCCc1ccc(CC)cc1)NC1CC1C. The summed E-state index contributed by atoms with van der Waals surface area (Å²) in [6.07, 6.45) is 3.37. The van der Waals surface area contributed by atoms with E-state index in [0.29, 0.717) is 6.04 Å². The minimum absolute atomic E-state index is 0.622. The van der Waals surface area contributed by atoms with Crippen LogP contribution in [0.3, 0.4) is 0 Å². The van der Waals surface area contributed by atoms with E-state index >= 15 is 0 Å². The van der Waals surface area contributed by atoms with Crippen LogP contribution in [0.1, 0.15) is 38.3 Å². The molecule has 0 amide bonds. The summed E-state index contributed by atoms with van der Waals surface area (Å²) >= 11 is 0. The Labute approximate surface area is 122 Å². The third-order valence-electron chi connectivity index (χ3n) is 3.88. The van der Waals surface area contributed by atoms with Crippen molar-refractivity contribution >= 4 is 5.96 Å². The molecule has 0 saturated heterocycles. The van der Waals surface area contributed by atoms with Gasteiger partial charge in [0.15, 0.2) is 5.96 Å².